The average molecular weight is 637 g/mol. The van der Waals surface area contributed by atoms with E-state index in [9.17, 15) is 19.5 Å². The van der Waals surface area contributed by atoms with Gasteiger partial charge in [-0.05, 0) is 42.3 Å². The Balaban J connectivity index is 0.00000324. The van der Waals surface area contributed by atoms with E-state index in [4.69, 9.17) is 9.47 Å². The first kappa shape index (κ1) is 30.2. The van der Waals surface area contributed by atoms with Crippen molar-refractivity contribution in [1.29, 1.82) is 0 Å². The number of fused-ring (bicyclic) bond motifs is 13. The van der Waals surface area contributed by atoms with Gasteiger partial charge in [0.05, 0.1) is 39.6 Å². The van der Waals surface area contributed by atoms with Crippen molar-refractivity contribution in [1.82, 2.24) is 19.4 Å². The molecule has 1 N–H and O–H groups in total. The van der Waals surface area contributed by atoms with Gasteiger partial charge in [-0.25, -0.2) is 0 Å². The Kier molecular flexibility index (Phi) is 6.68. The molecule has 3 aliphatic rings. The number of benzene rings is 4. The fourth-order valence-corrected chi connectivity index (χ4v) is 8.50. The first-order valence-corrected chi connectivity index (χ1v) is 15.3. The number of carbonyl (C=O) groups is 3. The Labute approximate surface area is 291 Å². The number of rotatable bonds is 4. The molecular formula is C36H29N4NaO6. The topological polar surface area (TPSA) is 118 Å². The maximum atomic E-state index is 14.0. The van der Waals surface area contributed by atoms with E-state index in [1.807, 2.05) is 31.2 Å². The van der Waals surface area contributed by atoms with Crippen molar-refractivity contribution >= 4 is 61.4 Å². The predicted octanol–water partition coefficient (Wildman–Crippen LogP) is 1.27. The van der Waals surface area contributed by atoms with E-state index in [1.165, 1.54) is 24.3 Å². The number of hydrogen-bond acceptors (Lipinski definition) is 6. The van der Waals surface area contributed by atoms with E-state index in [0.29, 0.717) is 24.1 Å². The number of methoxy groups -OCH3 is 1. The number of nitrogens with zero attached hydrogens (tertiary/aromatic N) is 3. The standard InChI is InChI=1S/C36H30N4O6.Na/c1-36-32(45-3)25(38(2)34(42)18-12-14-19(15-13-18)35(43)44)16-26(46-36)39-23-10-6-4-8-20(23)28-29-22(17-37-33(29)41)27-21-9-5-7-11-24(21)40(36)31(27)30(28)39;/h4-15,25-26,32H,16-17H2,1-3H3,(H,37,41)(H,43,44);/q;+1/p-1/t25-,26-,32-,36+;/m0./s1. The molecule has 2 aromatic heterocycles. The van der Waals surface area contributed by atoms with Crippen molar-refractivity contribution in [3.05, 3.63) is 95.1 Å². The first-order valence-electron chi connectivity index (χ1n) is 15.3. The van der Waals surface area contributed by atoms with E-state index in [2.05, 4.69) is 38.7 Å². The van der Waals surface area contributed by atoms with Gasteiger partial charge in [0.2, 0.25) is 0 Å². The Morgan fingerprint density at radius 1 is 0.957 bits per heavy atom. The molecular weight excluding hydrogens is 607 g/mol. The fraction of sp³-hybridized carbons (Fsp3) is 0.250. The molecule has 2 amide bonds. The maximum Gasteiger partial charge on any atom is 1.00 e. The van der Waals surface area contributed by atoms with Gasteiger partial charge in [0.1, 0.15) is 12.3 Å². The minimum absolute atomic E-state index is 0. The van der Waals surface area contributed by atoms with Crippen LogP contribution >= 0.6 is 0 Å². The zero-order chi connectivity index (χ0) is 31.6. The van der Waals surface area contributed by atoms with Crippen LogP contribution < -0.4 is 40.0 Å². The number of amides is 2. The van der Waals surface area contributed by atoms with Gasteiger partial charge in [0.25, 0.3) is 11.8 Å². The van der Waals surface area contributed by atoms with E-state index >= 15 is 0 Å². The number of nitrogens with one attached hydrogen (secondary N) is 1. The molecule has 9 rings (SSSR count). The third kappa shape index (κ3) is 3.81. The third-order valence-electron chi connectivity index (χ3n) is 10.4. The number of carbonyl (C=O) groups excluding carboxylic acids is 3. The minimum atomic E-state index is -1.30. The minimum Gasteiger partial charge on any atom is -0.545 e. The Hall–Kier alpha value is -4.19. The summed E-state index contributed by atoms with van der Waals surface area (Å²) in [4.78, 5) is 40.6. The predicted molar refractivity (Wildman–Crippen MR) is 169 cm³/mol. The molecule has 2 bridgehead atoms. The van der Waals surface area contributed by atoms with Crippen LogP contribution in [0.15, 0.2) is 72.8 Å². The van der Waals surface area contributed by atoms with Crippen LogP contribution in [0.5, 0.6) is 0 Å². The number of ether oxygens (including phenoxy) is 2. The molecule has 11 heteroatoms. The summed E-state index contributed by atoms with van der Waals surface area (Å²) in [5.41, 5.74) is 4.76. The summed E-state index contributed by atoms with van der Waals surface area (Å²) >= 11 is 0. The van der Waals surface area contributed by atoms with Gasteiger partial charge < -0.3 is 38.7 Å². The number of carboxylic acids is 1. The molecule has 3 aliphatic heterocycles. The van der Waals surface area contributed by atoms with E-state index in [1.54, 1.807) is 19.1 Å². The Morgan fingerprint density at radius 2 is 1.60 bits per heavy atom. The summed E-state index contributed by atoms with van der Waals surface area (Å²) in [5, 5.41) is 18.3. The average Bonchev–Trinajstić information content (AvgIpc) is 3.71. The smallest absolute Gasteiger partial charge is 0.545 e. The Bertz CT molecular complexity index is 2340. The van der Waals surface area contributed by atoms with Gasteiger partial charge in [0, 0.05) is 54.2 Å². The van der Waals surface area contributed by atoms with Crippen molar-refractivity contribution in [2.24, 2.45) is 0 Å². The van der Waals surface area contributed by atoms with Crippen molar-refractivity contribution in [3.8, 4) is 0 Å². The summed E-state index contributed by atoms with van der Waals surface area (Å²) in [6, 6.07) is 21.6. The number of likely N-dealkylation sites (N-methyl/N-ethyl adjacent to an activating group) is 1. The Morgan fingerprint density at radius 3 is 2.28 bits per heavy atom. The SMILES string of the molecule is CO[C@H]1[C@@H](N(C)C(=O)c2ccc(C(=O)[O-])cc2)C[C@@H]2O[C@@]1(C)n1c3ccccc3c3c4c(c5c6ccccc6n2c5c31)C(=O)NC4.[Na+]. The molecule has 4 atom stereocenters. The molecule has 5 heterocycles. The quantitative estimate of drug-likeness (QED) is 0.292. The number of carboxylic acid groups (broad SMARTS) is 1. The van der Waals surface area contributed by atoms with E-state index < -0.39 is 30.1 Å². The van der Waals surface area contributed by atoms with Gasteiger partial charge >= 0.3 is 29.6 Å². The second kappa shape index (κ2) is 10.4. The van der Waals surface area contributed by atoms with Gasteiger partial charge in [-0.3, -0.25) is 9.59 Å². The van der Waals surface area contributed by atoms with Gasteiger partial charge in [-0.2, -0.15) is 0 Å². The molecule has 0 spiro atoms. The maximum absolute atomic E-state index is 14.0. The van der Waals surface area contributed by atoms with Crippen molar-refractivity contribution < 1.29 is 58.5 Å². The molecule has 0 radical (unpaired) electrons. The summed E-state index contributed by atoms with van der Waals surface area (Å²) in [7, 11) is 3.40. The summed E-state index contributed by atoms with van der Waals surface area (Å²) in [6.45, 7) is 2.45. The van der Waals surface area contributed by atoms with E-state index in [-0.39, 0.29) is 46.9 Å². The molecule has 1 fully saturated rings. The van der Waals surface area contributed by atoms with Crippen molar-refractivity contribution in [2.45, 2.75) is 44.0 Å². The van der Waals surface area contributed by atoms with Crippen LogP contribution in [0.1, 0.15) is 56.2 Å². The largest absolute Gasteiger partial charge is 1.00 e. The van der Waals surface area contributed by atoms with Gasteiger partial charge in [0.15, 0.2) is 5.72 Å². The molecule has 4 aromatic carbocycles. The summed E-state index contributed by atoms with van der Waals surface area (Å²) in [6.07, 6.45) is -0.698. The third-order valence-corrected chi connectivity index (χ3v) is 10.4. The second-order valence-electron chi connectivity index (χ2n) is 12.6. The van der Waals surface area contributed by atoms with Crippen LogP contribution in [-0.2, 0) is 21.7 Å². The van der Waals surface area contributed by atoms with Crippen LogP contribution in [0.3, 0.4) is 0 Å². The van der Waals surface area contributed by atoms with Crippen molar-refractivity contribution in [3.63, 3.8) is 0 Å². The van der Waals surface area contributed by atoms with E-state index in [0.717, 1.165) is 49.2 Å². The second-order valence-corrected chi connectivity index (χ2v) is 12.6. The monoisotopic (exact) mass is 636 g/mol. The molecule has 47 heavy (non-hydrogen) atoms. The van der Waals surface area contributed by atoms with Gasteiger partial charge in [-0.1, -0.05) is 48.5 Å². The summed E-state index contributed by atoms with van der Waals surface area (Å²) < 4.78 is 18.0. The van der Waals surface area contributed by atoms with Crippen LogP contribution in [0.4, 0.5) is 0 Å². The summed E-state index contributed by atoms with van der Waals surface area (Å²) in [5.74, 6) is -1.65. The number of hydrogen-bond donors (Lipinski definition) is 1. The molecule has 6 aromatic rings. The molecule has 1 saturated heterocycles. The molecule has 0 aliphatic carbocycles. The van der Waals surface area contributed by atoms with Crippen molar-refractivity contribution in [2.75, 3.05) is 14.2 Å². The first-order chi connectivity index (χ1) is 22.2. The molecule has 10 nitrogen and oxygen atoms in total. The van der Waals surface area contributed by atoms with Crippen LogP contribution in [0.2, 0.25) is 0 Å². The van der Waals surface area contributed by atoms with Crippen LogP contribution in [0.25, 0.3) is 43.6 Å². The normalized spacial score (nSPS) is 22.8. The molecule has 0 saturated carbocycles. The molecule has 0 unspecified atom stereocenters. The van der Waals surface area contributed by atoms with Crippen LogP contribution in [0, 0.1) is 0 Å². The van der Waals surface area contributed by atoms with Gasteiger partial charge in [-0.15, -0.1) is 0 Å². The zero-order valence-corrected chi connectivity index (χ0v) is 28.4. The number of para-hydroxylation sites is 2. The van der Waals surface area contributed by atoms with Crippen LogP contribution in [-0.4, -0.2) is 58.1 Å². The number of aromatic carboxylic acids is 1. The zero-order valence-electron chi connectivity index (χ0n) is 26.4. The fourth-order valence-electron chi connectivity index (χ4n) is 8.50. The molecule has 230 valence electrons. The number of aromatic nitrogens is 2.